The summed E-state index contributed by atoms with van der Waals surface area (Å²) in [6, 6.07) is 16.1. The van der Waals surface area contributed by atoms with E-state index in [1.165, 1.54) is 5.56 Å². The van der Waals surface area contributed by atoms with Gasteiger partial charge >= 0.3 is 0 Å². The summed E-state index contributed by atoms with van der Waals surface area (Å²) in [5, 5.41) is 20.3. The van der Waals surface area contributed by atoms with Crippen LogP contribution in [0.15, 0.2) is 42.5 Å². The maximum atomic E-state index is 11.0. The first-order valence-corrected chi connectivity index (χ1v) is 8.57. The highest BCUT2D eigenvalue weighted by atomic mass is 16.3. The average Bonchev–Trinajstić information content (AvgIpc) is 2.96. The monoisotopic (exact) mass is 336 g/mol. The summed E-state index contributed by atoms with van der Waals surface area (Å²) in [7, 11) is 1.89. The Morgan fingerprint density at radius 2 is 2.04 bits per heavy atom. The molecule has 1 aliphatic heterocycles. The Labute approximate surface area is 149 Å². The standard InChI is InChI=1S/C20H24N4O/c1-16-8-9-18(12-21)19(22-16)23(2)14-20(25)10-11-24(15-20)13-17-6-4-3-5-7-17/h3-9,25H,10-11,13-15H2,1-2H3/t20-/m0/s1. The van der Waals surface area contributed by atoms with Crippen molar-refractivity contribution in [3.8, 4) is 6.07 Å². The minimum Gasteiger partial charge on any atom is -0.387 e. The van der Waals surface area contributed by atoms with Crippen LogP contribution in [-0.2, 0) is 6.54 Å². The third-order valence-electron chi connectivity index (χ3n) is 4.69. The molecule has 1 aromatic heterocycles. The number of aryl methyl sites for hydroxylation is 1. The Bertz CT molecular complexity index is 771. The second kappa shape index (κ2) is 7.22. The van der Waals surface area contributed by atoms with Crippen molar-refractivity contribution < 1.29 is 5.11 Å². The highest BCUT2D eigenvalue weighted by Gasteiger charge is 2.37. The molecule has 2 aromatic rings. The molecule has 3 rings (SSSR count). The van der Waals surface area contributed by atoms with Crippen molar-refractivity contribution in [3.63, 3.8) is 0 Å². The van der Waals surface area contributed by atoms with E-state index in [2.05, 4.69) is 28.1 Å². The number of likely N-dealkylation sites (tertiary alicyclic amines) is 1. The van der Waals surface area contributed by atoms with Gasteiger partial charge < -0.3 is 10.0 Å². The van der Waals surface area contributed by atoms with Gasteiger partial charge in [-0.2, -0.15) is 5.26 Å². The highest BCUT2D eigenvalue weighted by molar-refractivity contribution is 5.54. The van der Waals surface area contributed by atoms with Crippen LogP contribution in [0.4, 0.5) is 5.82 Å². The van der Waals surface area contributed by atoms with Gasteiger partial charge in [0, 0.05) is 38.9 Å². The Balaban J connectivity index is 1.67. The summed E-state index contributed by atoms with van der Waals surface area (Å²) in [5.41, 5.74) is 1.87. The van der Waals surface area contributed by atoms with Gasteiger partial charge in [0.25, 0.3) is 0 Å². The molecule has 5 heteroatoms. The van der Waals surface area contributed by atoms with E-state index in [9.17, 15) is 10.4 Å². The summed E-state index contributed by atoms with van der Waals surface area (Å²) in [6.45, 7) is 4.71. The number of benzene rings is 1. The molecule has 1 N–H and O–H groups in total. The van der Waals surface area contributed by atoms with Gasteiger partial charge in [-0.3, -0.25) is 4.90 Å². The van der Waals surface area contributed by atoms with Crippen LogP contribution >= 0.6 is 0 Å². The lowest BCUT2D eigenvalue weighted by atomic mass is 10.0. The van der Waals surface area contributed by atoms with E-state index >= 15 is 0 Å². The Morgan fingerprint density at radius 3 is 2.76 bits per heavy atom. The largest absolute Gasteiger partial charge is 0.387 e. The van der Waals surface area contributed by atoms with Crippen molar-refractivity contribution >= 4 is 5.82 Å². The Kier molecular flexibility index (Phi) is 5.03. The maximum Gasteiger partial charge on any atom is 0.146 e. The van der Waals surface area contributed by atoms with E-state index in [1.54, 1.807) is 6.07 Å². The molecule has 1 aliphatic rings. The van der Waals surface area contributed by atoms with Crippen LogP contribution in [-0.4, -0.2) is 47.3 Å². The first-order valence-electron chi connectivity index (χ1n) is 8.57. The molecule has 0 bridgehead atoms. The highest BCUT2D eigenvalue weighted by Crippen LogP contribution is 2.26. The number of anilines is 1. The van der Waals surface area contributed by atoms with E-state index in [-0.39, 0.29) is 0 Å². The molecular formula is C20H24N4O. The quantitative estimate of drug-likeness (QED) is 0.908. The van der Waals surface area contributed by atoms with E-state index in [0.29, 0.717) is 24.5 Å². The van der Waals surface area contributed by atoms with E-state index in [1.807, 2.05) is 43.1 Å². The molecule has 1 fully saturated rings. The van der Waals surface area contributed by atoms with Gasteiger partial charge in [-0.15, -0.1) is 0 Å². The second-order valence-electron chi connectivity index (χ2n) is 6.96. The molecule has 0 radical (unpaired) electrons. The first kappa shape index (κ1) is 17.4. The van der Waals surface area contributed by atoms with Gasteiger partial charge in [-0.1, -0.05) is 30.3 Å². The number of rotatable bonds is 5. The molecule has 25 heavy (non-hydrogen) atoms. The van der Waals surface area contributed by atoms with Crippen LogP contribution in [0, 0.1) is 18.3 Å². The summed E-state index contributed by atoms with van der Waals surface area (Å²) in [6.07, 6.45) is 0.720. The fraction of sp³-hybridized carbons (Fsp3) is 0.400. The lowest BCUT2D eigenvalue weighted by Gasteiger charge is -2.30. The Hall–Kier alpha value is -2.42. The molecule has 1 atom stereocenters. The van der Waals surface area contributed by atoms with Gasteiger partial charge in [0.1, 0.15) is 11.9 Å². The number of hydrogen-bond donors (Lipinski definition) is 1. The number of pyridine rings is 1. The van der Waals surface area contributed by atoms with Crippen LogP contribution in [0.1, 0.15) is 23.2 Å². The topological polar surface area (TPSA) is 63.4 Å². The molecule has 2 heterocycles. The smallest absolute Gasteiger partial charge is 0.146 e. The van der Waals surface area contributed by atoms with Gasteiger partial charge in [0.15, 0.2) is 0 Å². The van der Waals surface area contributed by atoms with Gasteiger partial charge in [0.2, 0.25) is 0 Å². The predicted octanol–water partition coefficient (Wildman–Crippen LogP) is 2.33. The molecular weight excluding hydrogens is 312 g/mol. The zero-order valence-corrected chi connectivity index (χ0v) is 14.8. The fourth-order valence-corrected chi connectivity index (χ4v) is 3.48. The number of β-amino-alcohol motifs (C(OH)–C–C–N with tert-alkyl or cyclic N) is 1. The van der Waals surface area contributed by atoms with Crippen molar-refractivity contribution in [2.75, 3.05) is 31.6 Å². The minimum absolute atomic E-state index is 0.462. The zero-order valence-electron chi connectivity index (χ0n) is 14.8. The molecule has 0 aliphatic carbocycles. The van der Waals surface area contributed by atoms with E-state index in [0.717, 1.165) is 25.2 Å². The minimum atomic E-state index is -0.790. The van der Waals surface area contributed by atoms with Crippen molar-refractivity contribution in [2.45, 2.75) is 25.5 Å². The zero-order chi connectivity index (χ0) is 17.9. The maximum absolute atomic E-state index is 11.0. The first-order chi connectivity index (χ1) is 12.0. The molecule has 130 valence electrons. The van der Waals surface area contributed by atoms with Crippen molar-refractivity contribution in [2.24, 2.45) is 0 Å². The van der Waals surface area contributed by atoms with Crippen LogP contribution in [0.2, 0.25) is 0 Å². The average molecular weight is 336 g/mol. The van der Waals surface area contributed by atoms with Crippen LogP contribution in [0.3, 0.4) is 0 Å². The summed E-state index contributed by atoms with van der Waals surface area (Å²) in [5.74, 6) is 0.637. The molecule has 1 aromatic carbocycles. The van der Waals surface area contributed by atoms with Crippen molar-refractivity contribution in [1.82, 2.24) is 9.88 Å². The molecule has 0 unspecified atom stereocenters. The third kappa shape index (κ3) is 4.16. The second-order valence-corrected chi connectivity index (χ2v) is 6.96. The third-order valence-corrected chi connectivity index (χ3v) is 4.69. The van der Waals surface area contributed by atoms with Gasteiger partial charge in [-0.25, -0.2) is 4.98 Å². The summed E-state index contributed by atoms with van der Waals surface area (Å²) in [4.78, 5) is 8.66. The van der Waals surface area contributed by atoms with Gasteiger partial charge in [-0.05, 0) is 31.0 Å². The lowest BCUT2D eigenvalue weighted by molar-refractivity contribution is 0.0561. The molecule has 1 saturated heterocycles. The van der Waals surface area contributed by atoms with E-state index in [4.69, 9.17) is 0 Å². The molecule has 5 nitrogen and oxygen atoms in total. The van der Waals surface area contributed by atoms with Crippen molar-refractivity contribution in [1.29, 1.82) is 5.26 Å². The van der Waals surface area contributed by atoms with E-state index < -0.39 is 5.60 Å². The number of aliphatic hydroxyl groups is 1. The number of likely N-dealkylation sites (N-methyl/N-ethyl adjacent to an activating group) is 1. The SMILES string of the molecule is Cc1ccc(C#N)c(N(C)C[C@@]2(O)CCN(Cc3ccccc3)C2)n1. The normalized spacial score (nSPS) is 20.4. The number of nitrogens with zero attached hydrogens (tertiary/aromatic N) is 4. The molecule has 0 saturated carbocycles. The van der Waals surface area contributed by atoms with Crippen molar-refractivity contribution in [3.05, 3.63) is 59.3 Å². The number of hydrogen-bond acceptors (Lipinski definition) is 5. The number of nitriles is 1. The lowest BCUT2D eigenvalue weighted by Crippen LogP contribution is -2.44. The molecule has 0 spiro atoms. The van der Waals surface area contributed by atoms with Gasteiger partial charge in [0.05, 0.1) is 11.2 Å². The fourth-order valence-electron chi connectivity index (χ4n) is 3.48. The van der Waals surface area contributed by atoms with Crippen LogP contribution < -0.4 is 4.90 Å². The van der Waals surface area contributed by atoms with Crippen LogP contribution in [0.5, 0.6) is 0 Å². The summed E-state index contributed by atoms with van der Waals surface area (Å²) < 4.78 is 0. The Morgan fingerprint density at radius 1 is 1.28 bits per heavy atom. The summed E-state index contributed by atoms with van der Waals surface area (Å²) >= 11 is 0. The van der Waals surface area contributed by atoms with Crippen LogP contribution in [0.25, 0.3) is 0 Å². The predicted molar refractivity (Wildman–Crippen MR) is 98.2 cm³/mol. The number of aromatic nitrogens is 1. The molecule has 0 amide bonds.